The molecule has 3 aromatic carbocycles. The molecule has 0 unspecified atom stereocenters. The highest BCUT2D eigenvalue weighted by molar-refractivity contribution is 7.89. The number of rotatable bonds is 5. The lowest BCUT2D eigenvalue weighted by molar-refractivity contribution is 0.0472. The van der Waals surface area contributed by atoms with Crippen molar-refractivity contribution in [3.05, 3.63) is 99.1 Å². The first-order chi connectivity index (χ1) is 15.6. The Morgan fingerprint density at radius 1 is 0.909 bits per heavy atom. The molecule has 0 radical (unpaired) electrons. The van der Waals surface area contributed by atoms with Crippen LogP contribution in [0.3, 0.4) is 0 Å². The van der Waals surface area contributed by atoms with E-state index in [2.05, 4.69) is 0 Å². The molecular formula is C24H18ClNO6S. The number of nitrogens with zero attached hydrogens (tertiary/aromatic N) is 1. The molecule has 7 nitrogen and oxygen atoms in total. The van der Waals surface area contributed by atoms with Crippen LogP contribution in [0.4, 0.5) is 0 Å². The van der Waals surface area contributed by atoms with E-state index >= 15 is 0 Å². The lowest BCUT2D eigenvalue weighted by Gasteiger charge is -2.19. The molecular weight excluding hydrogens is 466 g/mol. The minimum atomic E-state index is -3.64. The van der Waals surface area contributed by atoms with Crippen molar-refractivity contribution in [2.45, 2.75) is 11.5 Å². The van der Waals surface area contributed by atoms with E-state index < -0.39 is 21.8 Å². The standard InChI is InChI=1S/C24H18ClNO6S/c1-26(2)33(30,31)15-7-5-6-14(12-15)13-32-24(29)19-11-10-18-20(21(19)25)23(28)17-9-4-3-8-16(17)22(18)27/h3-12H,13H2,1-2H3. The summed E-state index contributed by atoms with van der Waals surface area (Å²) in [6, 6.07) is 15.2. The number of carbonyl (C=O) groups is 3. The first-order valence-electron chi connectivity index (χ1n) is 9.82. The van der Waals surface area contributed by atoms with E-state index in [1.807, 2.05) is 0 Å². The fourth-order valence-electron chi connectivity index (χ4n) is 3.54. The van der Waals surface area contributed by atoms with Gasteiger partial charge in [0.15, 0.2) is 11.6 Å². The average molecular weight is 484 g/mol. The van der Waals surface area contributed by atoms with Crippen LogP contribution >= 0.6 is 11.6 Å². The van der Waals surface area contributed by atoms with Crippen LogP contribution in [0.2, 0.25) is 5.02 Å². The van der Waals surface area contributed by atoms with Gasteiger partial charge in [0.1, 0.15) is 6.61 Å². The van der Waals surface area contributed by atoms with Gasteiger partial charge in [-0.25, -0.2) is 17.5 Å². The fourth-order valence-corrected chi connectivity index (χ4v) is 4.84. The van der Waals surface area contributed by atoms with Crippen molar-refractivity contribution in [2.75, 3.05) is 14.1 Å². The third-order valence-corrected chi connectivity index (χ3v) is 7.50. The van der Waals surface area contributed by atoms with Crippen LogP contribution in [0.15, 0.2) is 65.6 Å². The van der Waals surface area contributed by atoms with Crippen LogP contribution in [0.1, 0.15) is 47.8 Å². The predicted octanol–water partition coefficient (Wildman–Crippen LogP) is 3.72. The van der Waals surface area contributed by atoms with Crippen LogP contribution in [0.25, 0.3) is 0 Å². The number of ketones is 2. The van der Waals surface area contributed by atoms with Crippen molar-refractivity contribution in [3.63, 3.8) is 0 Å². The number of halogens is 1. The zero-order valence-electron chi connectivity index (χ0n) is 17.7. The predicted molar refractivity (Wildman–Crippen MR) is 121 cm³/mol. The summed E-state index contributed by atoms with van der Waals surface area (Å²) in [6.07, 6.45) is 0. The molecule has 0 N–H and O–H groups in total. The first-order valence-corrected chi connectivity index (χ1v) is 11.6. The maximum Gasteiger partial charge on any atom is 0.340 e. The summed E-state index contributed by atoms with van der Waals surface area (Å²) in [5.41, 5.74) is 1.000. The third-order valence-electron chi connectivity index (χ3n) is 5.30. The van der Waals surface area contributed by atoms with Gasteiger partial charge in [-0.1, -0.05) is 48.0 Å². The molecule has 0 atom stereocenters. The van der Waals surface area contributed by atoms with E-state index in [9.17, 15) is 22.8 Å². The van der Waals surface area contributed by atoms with E-state index in [0.29, 0.717) is 5.56 Å². The second-order valence-corrected chi connectivity index (χ2v) is 10.1. The van der Waals surface area contributed by atoms with E-state index in [0.717, 1.165) is 4.31 Å². The van der Waals surface area contributed by atoms with E-state index in [1.165, 1.54) is 44.4 Å². The minimum Gasteiger partial charge on any atom is -0.457 e. The van der Waals surface area contributed by atoms with Gasteiger partial charge in [0.25, 0.3) is 0 Å². The Balaban J connectivity index is 1.60. The number of esters is 1. The van der Waals surface area contributed by atoms with Crippen molar-refractivity contribution in [1.29, 1.82) is 0 Å². The van der Waals surface area contributed by atoms with Gasteiger partial charge < -0.3 is 4.74 Å². The van der Waals surface area contributed by atoms with Crippen molar-refractivity contribution >= 4 is 39.2 Å². The summed E-state index contributed by atoms with van der Waals surface area (Å²) in [4.78, 5) is 38.5. The molecule has 0 amide bonds. The Bertz CT molecular complexity index is 1430. The molecule has 3 aromatic rings. The van der Waals surface area contributed by atoms with Crippen LogP contribution < -0.4 is 0 Å². The quantitative estimate of drug-likeness (QED) is 0.401. The Morgan fingerprint density at radius 2 is 1.58 bits per heavy atom. The summed E-state index contributed by atoms with van der Waals surface area (Å²) in [5.74, 6) is -1.59. The van der Waals surface area contributed by atoms with Gasteiger partial charge in [-0.05, 0) is 29.8 Å². The van der Waals surface area contributed by atoms with Gasteiger partial charge in [-0.15, -0.1) is 0 Å². The molecule has 0 spiro atoms. The summed E-state index contributed by atoms with van der Waals surface area (Å²) in [5, 5.41) is -0.158. The Kier molecular flexibility index (Phi) is 5.92. The van der Waals surface area contributed by atoms with Crippen molar-refractivity contribution in [2.24, 2.45) is 0 Å². The molecule has 0 saturated carbocycles. The molecule has 33 heavy (non-hydrogen) atoms. The monoisotopic (exact) mass is 483 g/mol. The van der Waals surface area contributed by atoms with Gasteiger partial charge in [0, 0.05) is 30.8 Å². The zero-order valence-corrected chi connectivity index (χ0v) is 19.2. The first kappa shape index (κ1) is 22.8. The molecule has 0 heterocycles. The lowest BCUT2D eigenvalue weighted by atomic mass is 9.83. The number of sulfonamides is 1. The maximum atomic E-state index is 13.0. The van der Waals surface area contributed by atoms with Crippen LogP contribution in [0.5, 0.6) is 0 Å². The second kappa shape index (κ2) is 8.55. The molecule has 1 aliphatic rings. The Morgan fingerprint density at radius 3 is 2.24 bits per heavy atom. The molecule has 0 fully saturated rings. The maximum absolute atomic E-state index is 13.0. The van der Waals surface area contributed by atoms with Gasteiger partial charge in [-0.3, -0.25) is 9.59 Å². The normalized spacial score (nSPS) is 13.0. The van der Waals surface area contributed by atoms with Gasteiger partial charge in [-0.2, -0.15) is 0 Å². The summed E-state index contributed by atoms with van der Waals surface area (Å²) >= 11 is 6.39. The van der Waals surface area contributed by atoms with Crippen LogP contribution in [0, 0.1) is 0 Å². The lowest BCUT2D eigenvalue weighted by Crippen LogP contribution is -2.22. The smallest absolute Gasteiger partial charge is 0.340 e. The summed E-state index contributed by atoms with van der Waals surface area (Å²) < 4.78 is 31.0. The van der Waals surface area contributed by atoms with Crippen molar-refractivity contribution < 1.29 is 27.5 Å². The number of hydrogen-bond donors (Lipinski definition) is 0. The Hall–Kier alpha value is -3.33. The van der Waals surface area contributed by atoms with Gasteiger partial charge >= 0.3 is 5.97 Å². The number of fused-ring (bicyclic) bond motifs is 2. The highest BCUT2D eigenvalue weighted by Crippen LogP contribution is 2.34. The summed E-state index contributed by atoms with van der Waals surface area (Å²) in [6.45, 7) is -0.210. The molecule has 9 heteroatoms. The number of ether oxygens (including phenoxy) is 1. The van der Waals surface area contributed by atoms with Crippen molar-refractivity contribution in [1.82, 2.24) is 4.31 Å². The second-order valence-electron chi connectivity index (χ2n) is 7.56. The number of hydrogen-bond acceptors (Lipinski definition) is 6. The van der Waals surface area contributed by atoms with Gasteiger partial charge in [0.2, 0.25) is 10.0 Å². The highest BCUT2D eigenvalue weighted by Gasteiger charge is 2.33. The van der Waals surface area contributed by atoms with E-state index in [1.54, 1.807) is 30.3 Å². The van der Waals surface area contributed by atoms with Crippen LogP contribution in [-0.4, -0.2) is 44.4 Å². The van der Waals surface area contributed by atoms with E-state index in [-0.39, 0.29) is 50.1 Å². The molecule has 0 aromatic heterocycles. The number of carbonyl (C=O) groups excluding carboxylic acids is 3. The van der Waals surface area contributed by atoms with Crippen LogP contribution in [-0.2, 0) is 21.4 Å². The Labute approximate surface area is 195 Å². The molecule has 0 bridgehead atoms. The fraction of sp³-hybridized carbons (Fsp3) is 0.125. The number of benzene rings is 3. The minimum absolute atomic E-state index is 0.0334. The largest absolute Gasteiger partial charge is 0.457 e. The molecule has 0 saturated heterocycles. The average Bonchev–Trinajstić information content (AvgIpc) is 2.81. The summed E-state index contributed by atoms with van der Waals surface area (Å²) in [7, 11) is -0.798. The van der Waals surface area contributed by atoms with Crippen molar-refractivity contribution in [3.8, 4) is 0 Å². The molecule has 0 aliphatic heterocycles. The topological polar surface area (TPSA) is 97.8 Å². The molecule has 4 rings (SSSR count). The highest BCUT2D eigenvalue weighted by atomic mass is 35.5. The third kappa shape index (κ3) is 3.97. The van der Waals surface area contributed by atoms with E-state index in [4.69, 9.17) is 16.3 Å². The zero-order chi connectivity index (χ0) is 23.9. The van der Waals surface area contributed by atoms with Gasteiger partial charge in [0.05, 0.1) is 21.0 Å². The molecule has 168 valence electrons. The SMILES string of the molecule is CN(C)S(=O)(=O)c1cccc(COC(=O)c2ccc3c(c2Cl)C(=O)c2ccccc2C3=O)c1. The molecule has 1 aliphatic carbocycles.